The first kappa shape index (κ1) is 13.0. The third-order valence-electron chi connectivity index (χ3n) is 4.05. The van der Waals surface area contributed by atoms with Crippen LogP contribution in [-0.2, 0) is 0 Å². The standard InChI is InChI=1S/C13H28N2/c1-6-11(3)13(14-5)9-15-8-10(2)7-12(15)4/h10-14H,6-9H2,1-5H3. The maximum absolute atomic E-state index is 3.47. The number of hydrogen-bond donors (Lipinski definition) is 1. The average molecular weight is 212 g/mol. The van der Waals surface area contributed by atoms with Gasteiger partial charge in [-0.3, -0.25) is 4.90 Å². The Bertz CT molecular complexity index is 177. The molecule has 1 fully saturated rings. The molecule has 1 aliphatic heterocycles. The normalized spacial score (nSPS) is 31.8. The van der Waals surface area contributed by atoms with E-state index in [9.17, 15) is 0 Å². The molecule has 1 rings (SSSR count). The largest absolute Gasteiger partial charge is 0.315 e. The van der Waals surface area contributed by atoms with Crippen LogP contribution in [0.4, 0.5) is 0 Å². The van der Waals surface area contributed by atoms with Crippen molar-refractivity contribution in [3.63, 3.8) is 0 Å². The Balaban J connectivity index is 2.44. The van der Waals surface area contributed by atoms with Crippen LogP contribution in [0.3, 0.4) is 0 Å². The van der Waals surface area contributed by atoms with Gasteiger partial charge in [-0.15, -0.1) is 0 Å². The number of rotatable bonds is 5. The van der Waals surface area contributed by atoms with Crippen molar-refractivity contribution in [3.05, 3.63) is 0 Å². The molecule has 0 saturated carbocycles. The van der Waals surface area contributed by atoms with Crippen molar-refractivity contribution in [1.29, 1.82) is 0 Å². The van der Waals surface area contributed by atoms with E-state index >= 15 is 0 Å². The third kappa shape index (κ3) is 3.46. The fourth-order valence-electron chi connectivity index (χ4n) is 2.73. The Kier molecular flexibility index (Phi) is 5.07. The lowest BCUT2D eigenvalue weighted by molar-refractivity contribution is 0.208. The monoisotopic (exact) mass is 212 g/mol. The van der Waals surface area contributed by atoms with Gasteiger partial charge in [-0.1, -0.05) is 27.2 Å². The maximum atomic E-state index is 3.47. The van der Waals surface area contributed by atoms with Gasteiger partial charge in [0.05, 0.1) is 0 Å². The number of nitrogens with one attached hydrogen (secondary N) is 1. The molecule has 4 unspecified atom stereocenters. The van der Waals surface area contributed by atoms with E-state index in [-0.39, 0.29) is 0 Å². The van der Waals surface area contributed by atoms with Crippen LogP contribution in [0.25, 0.3) is 0 Å². The Morgan fingerprint density at radius 2 is 2.07 bits per heavy atom. The molecule has 1 N–H and O–H groups in total. The molecule has 15 heavy (non-hydrogen) atoms. The van der Waals surface area contributed by atoms with Gasteiger partial charge in [-0.05, 0) is 32.2 Å². The molecule has 0 aromatic carbocycles. The molecule has 0 amide bonds. The summed E-state index contributed by atoms with van der Waals surface area (Å²) in [7, 11) is 2.10. The second-order valence-electron chi connectivity index (χ2n) is 5.42. The Labute approximate surface area is 95.4 Å². The predicted molar refractivity (Wildman–Crippen MR) is 67.1 cm³/mol. The predicted octanol–water partition coefficient (Wildman–Crippen LogP) is 2.35. The molecular formula is C13H28N2. The zero-order valence-corrected chi connectivity index (χ0v) is 11.1. The third-order valence-corrected chi connectivity index (χ3v) is 4.05. The van der Waals surface area contributed by atoms with Crippen LogP contribution < -0.4 is 5.32 Å². The zero-order chi connectivity index (χ0) is 11.4. The summed E-state index contributed by atoms with van der Waals surface area (Å²) in [5.41, 5.74) is 0. The molecule has 90 valence electrons. The van der Waals surface area contributed by atoms with Crippen LogP contribution in [0.15, 0.2) is 0 Å². The summed E-state index contributed by atoms with van der Waals surface area (Å²) in [4.78, 5) is 2.65. The van der Waals surface area contributed by atoms with Crippen molar-refractivity contribution < 1.29 is 0 Å². The van der Waals surface area contributed by atoms with Gasteiger partial charge in [-0.2, -0.15) is 0 Å². The second kappa shape index (κ2) is 5.86. The molecule has 4 atom stereocenters. The van der Waals surface area contributed by atoms with E-state index in [2.05, 4.69) is 45.0 Å². The highest BCUT2D eigenvalue weighted by Crippen LogP contribution is 2.23. The molecule has 0 spiro atoms. The first-order chi connectivity index (χ1) is 7.08. The second-order valence-corrected chi connectivity index (χ2v) is 5.42. The minimum atomic E-state index is 0.655. The number of likely N-dealkylation sites (tertiary alicyclic amines) is 1. The van der Waals surface area contributed by atoms with Crippen LogP contribution >= 0.6 is 0 Å². The van der Waals surface area contributed by atoms with Crippen molar-refractivity contribution in [2.24, 2.45) is 11.8 Å². The molecule has 0 radical (unpaired) electrons. The van der Waals surface area contributed by atoms with Gasteiger partial charge in [-0.25, -0.2) is 0 Å². The van der Waals surface area contributed by atoms with E-state index in [0.717, 1.165) is 17.9 Å². The van der Waals surface area contributed by atoms with E-state index in [0.29, 0.717) is 6.04 Å². The minimum Gasteiger partial charge on any atom is -0.315 e. The summed E-state index contributed by atoms with van der Waals surface area (Å²) >= 11 is 0. The van der Waals surface area contributed by atoms with Gasteiger partial charge < -0.3 is 5.32 Å². The van der Waals surface area contributed by atoms with Crippen molar-refractivity contribution in [3.8, 4) is 0 Å². The number of likely N-dealkylation sites (N-methyl/N-ethyl adjacent to an activating group) is 1. The quantitative estimate of drug-likeness (QED) is 0.752. The van der Waals surface area contributed by atoms with Crippen LogP contribution in [0.5, 0.6) is 0 Å². The smallest absolute Gasteiger partial charge is 0.0217 e. The fraction of sp³-hybridized carbons (Fsp3) is 1.00. The van der Waals surface area contributed by atoms with Crippen molar-refractivity contribution >= 4 is 0 Å². The molecule has 2 nitrogen and oxygen atoms in total. The van der Waals surface area contributed by atoms with E-state index in [4.69, 9.17) is 0 Å². The summed E-state index contributed by atoms with van der Waals surface area (Å²) in [6, 6.07) is 1.43. The van der Waals surface area contributed by atoms with E-state index in [1.54, 1.807) is 0 Å². The van der Waals surface area contributed by atoms with Crippen molar-refractivity contribution in [1.82, 2.24) is 10.2 Å². The SMILES string of the molecule is CCC(C)C(CN1CC(C)CC1C)NC. The molecular weight excluding hydrogens is 184 g/mol. The van der Waals surface area contributed by atoms with Gasteiger partial charge in [0.2, 0.25) is 0 Å². The summed E-state index contributed by atoms with van der Waals surface area (Å²) in [5, 5.41) is 3.47. The number of nitrogens with zero attached hydrogens (tertiary/aromatic N) is 1. The van der Waals surface area contributed by atoms with Crippen LogP contribution in [0.2, 0.25) is 0 Å². The molecule has 0 aromatic rings. The van der Waals surface area contributed by atoms with E-state index in [1.807, 2.05) is 0 Å². The summed E-state index contributed by atoms with van der Waals surface area (Å²) in [6.07, 6.45) is 2.64. The molecule has 2 heteroatoms. The summed E-state index contributed by atoms with van der Waals surface area (Å²) < 4.78 is 0. The maximum Gasteiger partial charge on any atom is 0.0217 e. The fourth-order valence-corrected chi connectivity index (χ4v) is 2.73. The average Bonchev–Trinajstić information content (AvgIpc) is 2.52. The van der Waals surface area contributed by atoms with Crippen molar-refractivity contribution in [2.75, 3.05) is 20.1 Å². The Morgan fingerprint density at radius 3 is 2.47 bits per heavy atom. The zero-order valence-electron chi connectivity index (χ0n) is 11.1. The highest BCUT2D eigenvalue weighted by Gasteiger charge is 2.28. The molecule has 0 aromatic heterocycles. The molecule has 1 aliphatic rings. The lowest BCUT2D eigenvalue weighted by Crippen LogP contribution is -2.44. The highest BCUT2D eigenvalue weighted by atomic mass is 15.2. The summed E-state index contributed by atoms with van der Waals surface area (Å²) in [6.45, 7) is 11.9. The Hall–Kier alpha value is -0.0800. The highest BCUT2D eigenvalue weighted by molar-refractivity contribution is 4.84. The summed E-state index contributed by atoms with van der Waals surface area (Å²) in [5.74, 6) is 1.66. The van der Waals surface area contributed by atoms with Gasteiger partial charge in [0.1, 0.15) is 0 Å². The van der Waals surface area contributed by atoms with E-state index in [1.165, 1.54) is 25.9 Å². The first-order valence-corrected chi connectivity index (χ1v) is 6.49. The lowest BCUT2D eigenvalue weighted by atomic mass is 9.98. The molecule has 0 aliphatic carbocycles. The van der Waals surface area contributed by atoms with Crippen LogP contribution in [0, 0.1) is 11.8 Å². The van der Waals surface area contributed by atoms with Gasteiger partial charge >= 0.3 is 0 Å². The first-order valence-electron chi connectivity index (χ1n) is 6.49. The lowest BCUT2D eigenvalue weighted by Gasteiger charge is -2.30. The van der Waals surface area contributed by atoms with Crippen LogP contribution in [0.1, 0.15) is 40.5 Å². The molecule has 1 saturated heterocycles. The minimum absolute atomic E-state index is 0.655. The topological polar surface area (TPSA) is 15.3 Å². The number of hydrogen-bond acceptors (Lipinski definition) is 2. The van der Waals surface area contributed by atoms with Crippen LogP contribution in [-0.4, -0.2) is 37.1 Å². The van der Waals surface area contributed by atoms with Gasteiger partial charge in [0.15, 0.2) is 0 Å². The van der Waals surface area contributed by atoms with Crippen molar-refractivity contribution in [2.45, 2.75) is 52.6 Å². The van der Waals surface area contributed by atoms with Gasteiger partial charge in [0.25, 0.3) is 0 Å². The molecule has 1 heterocycles. The van der Waals surface area contributed by atoms with Gasteiger partial charge in [0, 0.05) is 25.2 Å². The molecule has 0 bridgehead atoms. The van der Waals surface area contributed by atoms with E-state index < -0.39 is 0 Å². The Morgan fingerprint density at radius 1 is 1.40 bits per heavy atom.